The third kappa shape index (κ3) is 3.84. The van der Waals surface area contributed by atoms with Crippen molar-refractivity contribution in [1.29, 1.82) is 0 Å². The summed E-state index contributed by atoms with van der Waals surface area (Å²) in [7, 11) is 0. The summed E-state index contributed by atoms with van der Waals surface area (Å²) in [4.78, 5) is 9.96. The first-order chi connectivity index (χ1) is 13.6. The van der Waals surface area contributed by atoms with Crippen LogP contribution in [-0.4, -0.2) is 29.0 Å². The number of nitrogens with one attached hydrogen (secondary N) is 1. The molecular formula is C19H16Cl2F2N4OS. The molecule has 0 amide bonds. The Kier molecular flexibility index (Phi) is 5.04. The van der Waals surface area contributed by atoms with Gasteiger partial charge in [-0.15, -0.1) is 11.3 Å². The third-order valence-electron chi connectivity index (χ3n) is 4.44. The molecule has 152 valence electrons. The zero-order chi connectivity index (χ0) is 20.9. The molecule has 0 saturated carbocycles. The average molecular weight is 457 g/mol. The first-order valence-corrected chi connectivity index (χ1v) is 10.2. The van der Waals surface area contributed by atoms with Gasteiger partial charge in [0.1, 0.15) is 10.6 Å². The molecule has 0 fully saturated rings. The quantitative estimate of drug-likeness (QED) is 0.537. The van der Waals surface area contributed by atoms with Gasteiger partial charge in [-0.05, 0) is 12.1 Å². The summed E-state index contributed by atoms with van der Waals surface area (Å²) in [6, 6.07) is 3.41. The molecule has 0 unspecified atom stereocenters. The molecule has 0 aliphatic carbocycles. The van der Waals surface area contributed by atoms with Gasteiger partial charge in [-0.1, -0.05) is 29.8 Å². The Balaban J connectivity index is 1.84. The minimum atomic E-state index is -2.85. The number of rotatable bonds is 5. The molecule has 4 rings (SSSR count). The minimum absolute atomic E-state index is 0.0817. The van der Waals surface area contributed by atoms with Crippen molar-refractivity contribution in [3.05, 3.63) is 39.2 Å². The standard InChI is InChI=1S/C19H16Cl2F2N4OS/c1-8(25-7-19(2,22)23)13-5-10-15(26-18(24)27-17(10)29-13)14-9-3-4-28-16(9)12(21)6-11(14)20/h5-6,25H,1,3-4,7H2,2H3,(H2,24,26,27). The van der Waals surface area contributed by atoms with E-state index in [0.717, 1.165) is 12.5 Å². The predicted octanol–water partition coefficient (Wildman–Crippen LogP) is 5.40. The molecule has 0 spiro atoms. The molecule has 3 N–H and O–H groups in total. The van der Waals surface area contributed by atoms with Crippen LogP contribution in [0, 0.1) is 0 Å². The van der Waals surface area contributed by atoms with Crippen molar-refractivity contribution in [2.45, 2.75) is 19.3 Å². The van der Waals surface area contributed by atoms with Crippen LogP contribution in [0.2, 0.25) is 10.0 Å². The van der Waals surface area contributed by atoms with E-state index < -0.39 is 12.5 Å². The summed E-state index contributed by atoms with van der Waals surface area (Å²) in [6.07, 6.45) is 0.632. The Morgan fingerprint density at radius 1 is 1.34 bits per heavy atom. The van der Waals surface area contributed by atoms with Crippen molar-refractivity contribution in [2.75, 3.05) is 18.9 Å². The van der Waals surface area contributed by atoms with Crippen LogP contribution in [0.25, 0.3) is 27.2 Å². The Morgan fingerprint density at radius 3 is 2.83 bits per heavy atom. The lowest BCUT2D eigenvalue weighted by Crippen LogP contribution is -2.28. The number of ether oxygens (including phenoxy) is 1. The number of anilines is 1. The van der Waals surface area contributed by atoms with Gasteiger partial charge in [0, 0.05) is 35.6 Å². The molecule has 10 heteroatoms. The molecule has 1 aromatic carbocycles. The van der Waals surface area contributed by atoms with Gasteiger partial charge in [0.2, 0.25) is 5.95 Å². The van der Waals surface area contributed by atoms with Crippen molar-refractivity contribution >= 4 is 56.4 Å². The van der Waals surface area contributed by atoms with Crippen molar-refractivity contribution in [3.63, 3.8) is 0 Å². The van der Waals surface area contributed by atoms with E-state index in [9.17, 15) is 8.78 Å². The van der Waals surface area contributed by atoms with E-state index in [0.29, 0.717) is 60.9 Å². The summed E-state index contributed by atoms with van der Waals surface area (Å²) >= 11 is 14.1. The summed E-state index contributed by atoms with van der Waals surface area (Å²) < 4.78 is 32.0. The fourth-order valence-electron chi connectivity index (χ4n) is 3.18. The Hall–Kier alpha value is -2.16. The minimum Gasteiger partial charge on any atom is -0.491 e. The van der Waals surface area contributed by atoms with E-state index in [-0.39, 0.29) is 5.95 Å². The topological polar surface area (TPSA) is 73.1 Å². The largest absolute Gasteiger partial charge is 0.491 e. The van der Waals surface area contributed by atoms with Gasteiger partial charge in [0.05, 0.1) is 33.8 Å². The summed E-state index contributed by atoms with van der Waals surface area (Å²) in [5, 5.41) is 4.22. The van der Waals surface area contributed by atoms with Crippen LogP contribution in [0.1, 0.15) is 17.4 Å². The van der Waals surface area contributed by atoms with Gasteiger partial charge in [-0.2, -0.15) is 0 Å². The zero-order valence-electron chi connectivity index (χ0n) is 15.3. The molecule has 3 heterocycles. The number of thiophene rings is 1. The highest BCUT2D eigenvalue weighted by Gasteiger charge is 2.27. The van der Waals surface area contributed by atoms with Crippen LogP contribution in [-0.2, 0) is 6.42 Å². The van der Waals surface area contributed by atoms with E-state index in [1.165, 1.54) is 11.3 Å². The van der Waals surface area contributed by atoms with E-state index in [2.05, 4.69) is 21.9 Å². The number of hydrogen-bond donors (Lipinski definition) is 2. The smallest absolute Gasteiger partial charge is 0.262 e. The highest BCUT2D eigenvalue weighted by molar-refractivity contribution is 7.19. The highest BCUT2D eigenvalue weighted by Crippen LogP contribution is 2.46. The van der Waals surface area contributed by atoms with Crippen LogP contribution in [0.5, 0.6) is 5.75 Å². The molecule has 2 aromatic heterocycles. The lowest BCUT2D eigenvalue weighted by atomic mass is 10.00. The predicted molar refractivity (Wildman–Crippen MR) is 114 cm³/mol. The molecule has 0 radical (unpaired) electrons. The molecule has 0 bridgehead atoms. The number of fused-ring (bicyclic) bond motifs is 2. The van der Waals surface area contributed by atoms with Gasteiger partial charge >= 0.3 is 0 Å². The van der Waals surface area contributed by atoms with Gasteiger partial charge < -0.3 is 15.8 Å². The van der Waals surface area contributed by atoms with Gasteiger partial charge in [-0.25, -0.2) is 18.7 Å². The third-order valence-corrected chi connectivity index (χ3v) is 6.11. The second-order valence-corrected chi connectivity index (χ2v) is 8.63. The number of nitrogens with two attached hydrogens (primary N) is 1. The number of benzene rings is 1. The number of nitrogen functional groups attached to an aromatic ring is 1. The van der Waals surface area contributed by atoms with Gasteiger partial charge in [-0.3, -0.25) is 0 Å². The van der Waals surface area contributed by atoms with Crippen molar-refractivity contribution in [1.82, 2.24) is 15.3 Å². The Labute approximate surface area is 179 Å². The first-order valence-electron chi connectivity index (χ1n) is 8.66. The molecule has 5 nitrogen and oxygen atoms in total. The number of halogens is 4. The molecule has 0 atom stereocenters. The van der Waals surface area contributed by atoms with Crippen LogP contribution in [0.3, 0.4) is 0 Å². The van der Waals surface area contributed by atoms with Crippen LogP contribution < -0.4 is 15.8 Å². The SMILES string of the molecule is C=C(NCC(C)(F)F)c1cc2c(-c3c(Cl)cc(Cl)c4c3CCO4)nc(N)nc2s1. The molecule has 3 aromatic rings. The summed E-state index contributed by atoms with van der Waals surface area (Å²) in [5.41, 5.74) is 8.40. The maximum Gasteiger partial charge on any atom is 0.262 e. The first kappa shape index (κ1) is 20.1. The molecular weight excluding hydrogens is 441 g/mol. The van der Waals surface area contributed by atoms with Crippen molar-refractivity contribution in [3.8, 4) is 17.0 Å². The van der Waals surface area contributed by atoms with Gasteiger partial charge in [0.15, 0.2) is 0 Å². The Morgan fingerprint density at radius 2 is 2.10 bits per heavy atom. The molecule has 0 saturated heterocycles. The van der Waals surface area contributed by atoms with E-state index in [1.807, 2.05) is 0 Å². The fraction of sp³-hybridized carbons (Fsp3) is 0.263. The van der Waals surface area contributed by atoms with Crippen molar-refractivity contribution < 1.29 is 13.5 Å². The fourth-order valence-corrected chi connectivity index (χ4v) is 4.81. The van der Waals surface area contributed by atoms with Gasteiger partial charge in [0.25, 0.3) is 5.92 Å². The maximum absolute atomic E-state index is 13.2. The monoisotopic (exact) mass is 456 g/mol. The van der Waals surface area contributed by atoms with E-state index >= 15 is 0 Å². The van der Waals surface area contributed by atoms with E-state index in [4.69, 9.17) is 33.7 Å². The molecule has 1 aliphatic heterocycles. The van der Waals surface area contributed by atoms with Crippen molar-refractivity contribution in [2.24, 2.45) is 0 Å². The lowest BCUT2D eigenvalue weighted by molar-refractivity contribution is 0.0268. The van der Waals surface area contributed by atoms with E-state index in [1.54, 1.807) is 12.1 Å². The number of hydrogen-bond acceptors (Lipinski definition) is 6. The number of alkyl halides is 2. The summed E-state index contributed by atoms with van der Waals surface area (Å²) in [5.74, 6) is -2.19. The zero-order valence-corrected chi connectivity index (χ0v) is 17.6. The highest BCUT2D eigenvalue weighted by atomic mass is 35.5. The lowest BCUT2D eigenvalue weighted by Gasteiger charge is -2.13. The molecule has 1 aliphatic rings. The van der Waals surface area contributed by atoms with Crippen LogP contribution in [0.4, 0.5) is 14.7 Å². The second-order valence-electron chi connectivity index (χ2n) is 6.78. The maximum atomic E-state index is 13.2. The second kappa shape index (κ2) is 7.27. The number of nitrogens with zero attached hydrogens (tertiary/aromatic N) is 2. The molecule has 29 heavy (non-hydrogen) atoms. The summed E-state index contributed by atoms with van der Waals surface area (Å²) in [6.45, 7) is 4.67. The Bertz CT molecular complexity index is 1140. The van der Waals surface area contributed by atoms with Crippen LogP contribution in [0.15, 0.2) is 18.7 Å². The average Bonchev–Trinajstić information content (AvgIpc) is 3.26. The number of aromatic nitrogens is 2. The van der Waals surface area contributed by atoms with Crippen LogP contribution >= 0.6 is 34.5 Å². The normalized spacial score (nSPS) is 13.4.